The fourth-order valence-corrected chi connectivity index (χ4v) is 5.37. The molecule has 0 aliphatic carbocycles. The highest BCUT2D eigenvalue weighted by Crippen LogP contribution is 2.46. The van der Waals surface area contributed by atoms with Crippen LogP contribution in [-0.2, 0) is 4.79 Å². The van der Waals surface area contributed by atoms with Crippen LogP contribution in [0.3, 0.4) is 0 Å². The van der Waals surface area contributed by atoms with Gasteiger partial charge in [0.05, 0.1) is 16.8 Å². The Morgan fingerprint density at radius 3 is 2.77 bits per heavy atom. The first-order valence-electron chi connectivity index (χ1n) is 9.74. The Bertz CT molecular complexity index is 1410. The van der Waals surface area contributed by atoms with Gasteiger partial charge in [0.2, 0.25) is 5.91 Å². The molecule has 0 unspecified atom stereocenters. The number of primary amides is 1. The minimum Gasteiger partial charge on any atom is -0.366 e. The first-order valence-corrected chi connectivity index (χ1v) is 10.7. The Kier molecular flexibility index (Phi) is 4.55. The summed E-state index contributed by atoms with van der Waals surface area (Å²) in [6, 6.07) is 14.2. The summed E-state index contributed by atoms with van der Waals surface area (Å²) < 4.78 is 15.6. The summed E-state index contributed by atoms with van der Waals surface area (Å²) in [7, 11) is 0. The quantitative estimate of drug-likeness (QED) is 0.455. The van der Waals surface area contributed by atoms with Crippen molar-refractivity contribution in [2.75, 3.05) is 17.2 Å². The van der Waals surface area contributed by atoms with Crippen LogP contribution in [0.15, 0.2) is 66.1 Å². The van der Waals surface area contributed by atoms with E-state index in [1.807, 2.05) is 42.5 Å². The third-order valence-corrected chi connectivity index (χ3v) is 6.66. The molecule has 2 heterocycles. The van der Waals surface area contributed by atoms with Crippen LogP contribution < -0.4 is 10.6 Å². The minimum absolute atomic E-state index is 0.105. The van der Waals surface area contributed by atoms with Crippen LogP contribution in [0.5, 0.6) is 0 Å². The van der Waals surface area contributed by atoms with Crippen molar-refractivity contribution < 1.29 is 14.0 Å². The van der Waals surface area contributed by atoms with E-state index in [9.17, 15) is 9.59 Å². The van der Waals surface area contributed by atoms with E-state index < -0.39 is 11.7 Å². The lowest BCUT2D eigenvalue weighted by Gasteiger charge is -2.30. The van der Waals surface area contributed by atoms with Crippen molar-refractivity contribution in [2.24, 2.45) is 5.73 Å². The predicted molar refractivity (Wildman–Crippen MR) is 123 cm³/mol. The number of carbonyl (C=O) groups excluding carboxylic acids is 2. The number of benzene rings is 3. The van der Waals surface area contributed by atoms with Gasteiger partial charge in [-0.25, -0.2) is 4.39 Å². The van der Waals surface area contributed by atoms with Gasteiger partial charge in [0, 0.05) is 44.6 Å². The van der Waals surface area contributed by atoms with Gasteiger partial charge in [-0.2, -0.15) is 0 Å². The number of halogens is 1. The van der Waals surface area contributed by atoms with Crippen molar-refractivity contribution in [3.8, 4) is 11.1 Å². The maximum absolute atomic E-state index is 15.6. The lowest BCUT2D eigenvalue weighted by Crippen LogP contribution is -2.34. The molecule has 31 heavy (non-hydrogen) atoms. The highest BCUT2D eigenvalue weighted by Gasteiger charge is 2.27. The number of aromatic amines is 1. The molecule has 4 aromatic rings. The third-order valence-electron chi connectivity index (χ3n) is 5.56. The highest BCUT2D eigenvalue weighted by atomic mass is 32.2. The van der Waals surface area contributed by atoms with E-state index in [2.05, 4.69) is 11.6 Å². The van der Waals surface area contributed by atoms with Crippen molar-refractivity contribution in [3.05, 3.63) is 72.6 Å². The first-order chi connectivity index (χ1) is 15.0. The molecule has 1 aliphatic heterocycles. The molecule has 3 aromatic carbocycles. The summed E-state index contributed by atoms with van der Waals surface area (Å²) in [5, 5.41) is 1.40. The molecule has 0 spiro atoms. The molecule has 3 N–H and O–H groups in total. The Balaban J connectivity index is 1.88. The highest BCUT2D eigenvalue weighted by molar-refractivity contribution is 7.99. The van der Waals surface area contributed by atoms with E-state index in [4.69, 9.17) is 5.73 Å². The van der Waals surface area contributed by atoms with E-state index in [1.54, 1.807) is 16.7 Å². The van der Waals surface area contributed by atoms with Crippen molar-refractivity contribution in [3.63, 3.8) is 0 Å². The van der Waals surface area contributed by atoms with Gasteiger partial charge < -0.3 is 15.6 Å². The minimum atomic E-state index is -0.700. The molecule has 0 saturated carbocycles. The summed E-state index contributed by atoms with van der Waals surface area (Å²) in [6.07, 6.45) is 1.28. The normalized spacial score (nSPS) is 13.4. The Morgan fingerprint density at radius 1 is 1.19 bits per heavy atom. The maximum Gasteiger partial charge on any atom is 0.250 e. The van der Waals surface area contributed by atoms with Crippen molar-refractivity contribution in [1.82, 2.24) is 4.98 Å². The maximum atomic E-state index is 15.6. The smallest absolute Gasteiger partial charge is 0.250 e. The Morgan fingerprint density at radius 2 is 2.00 bits per heavy atom. The summed E-state index contributed by atoms with van der Waals surface area (Å²) in [5.74, 6) is -0.747. The summed E-state index contributed by atoms with van der Waals surface area (Å²) >= 11 is 1.58. The van der Waals surface area contributed by atoms with Crippen LogP contribution in [0.2, 0.25) is 0 Å². The largest absolute Gasteiger partial charge is 0.366 e. The number of nitrogens with zero attached hydrogens (tertiary/aromatic N) is 1. The molecule has 2 amide bonds. The lowest BCUT2D eigenvalue weighted by atomic mass is 9.95. The van der Waals surface area contributed by atoms with E-state index >= 15 is 4.39 Å². The zero-order valence-electron chi connectivity index (χ0n) is 16.4. The topological polar surface area (TPSA) is 79.2 Å². The molecule has 1 aromatic heterocycles. The lowest BCUT2D eigenvalue weighted by molar-refractivity contribution is -0.114. The molecule has 154 valence electrons. The number of H-pyrrole nitrogens is 1. The van der Waals surface area contributed by atoms with E-state index in [0.29, 0.717) is 34.3 Å². The third kappa shape index (κ3) is 2.92. The number of amides is 2. The van der Waals surface area contributed by atoms with Gasteiger partial charge in [0.25, 0.3) is 5.91 Å². The van der Waals surface area contributed by atoms with Crippen LogP contribution in [0.1, 0.15) is 10.4 Å². The number of fused-ring (bicyclic) bond motifs is 4. The van der Waals surface area contributed by atoms with Crippen molar-refractivity contribution in [2.45, 2.75) is 4.90 Å². The van der Waals surface area contributed by atoms with Crippen molar-refractivity contribution in [1.29, 1.82) is 0 Å². The second-order valence-electron chi connectivity index (χ2n) is 7.26. The molecule has 0 fully saturated rings. The number of thioether (sulfide) groups is 1. The molecule has 1 aliphatic rings. The fourth-order valence-electron chi connectivity index (χ4n) is 4.24. The molecule has 7 heteroatoms. The van der Waals surface area contributed by atoms with Gasteiger partial charge in [-0.05, 0) is 24.3 Å². The number of aromatic nitrogens is 1. The van der Waals surface area contributed by atoms with Crippen LogP contribution >= 0.6 is 11.8 Å². The number of rotatable bonds is 3. The number of hydrogen-bond acceptors (Lipinski definition) is 3. The Labute approximate surface area is 181 Å². The number of nitrogens with two attached hydrogens (primary N) is 1. The average Bonchev–Trinajstić information content (AvgIpc) is 3.16. The van der Waals surface area contributed by atoms with Crippen molar-refractivity contribution >= 4 is 51.1 Å². The predicted octanol–water partition coefficient (Wildman–Crippen LogP) is 4.85. The molecular formula is C24H18FN3O2S. The monoisotopic (exact) mass is 431 g/mol. The summed E-state index contributed by atoms with van der Waals surface area (Å²) in [6.45, 7) is 4.14. The average molecular weight is 431 g/mol. The second kappa shape index (κ2) is 7.28. The number of anilines is 1. The second-order valence-corrected chi connectivity index (χ2v) is 8.37. The SMILES string of the molecule is C=CC(=O)N1CCSc2c(-c3c(F)cc(C(N)=O)c4[nH]c5ccccc5c34)cccc21. The number of hydrogen-bond donors (Lipinski definition) is 2. The van der Waals surface area contributed by atoms with E-state index in [1.165, 1.54) is 12.1 Å². The summed E-state index contributed by atoms with van der Waals surface area (Å²) in [4.78, 5) is 30.1. The van der Waals surface area contributed by atoms with Crippen LogP contribution in [0.25, 0.3) is 32.9 Å². The molecule has 0 bridgehead atoms. The fraction of sp³-hybridized carbons (Fsp3) is 0.0833. The molecule has 0 radical (unpaired) electrons. The van der Waals surface area contributed by atoms with E-state index in [0.717, 1.165) is 21.5 Å². The number of carbonyl (C=O) groups is 2. The van der Waals surface area contributed by atoms with Crippen LogP contribution in [0, 0.1) is 5.82 Å². The zero-order chi connectivity index (χ0) is 21.7. The van der Waals surface area contributed by atoms with Crippen LogP contribution in [-0.4, -0.2) is 29.1 Å². The molecule has 5 nitrogen and oxygen atoms in total. The molecular weight excluding hydrogens is 413 g/mol. The molecule has 0 atom stereocenters. The van der Waals surface area contributed by atoms with Crippen LogP contribution in [0.4, 0.5) is 10.1 Å². The Hall–Kier alpha value is -3.58. The van der Waals surface area contributed by atoms with Gasteiger partial charge in [-0.1, -0.05) is 36.9 Å². The van der Waals surface area contributed by atoms with Gasteiger partial charge in [0.15, 0.2) is 0 Å². The first kappa shape index (κ1) is 19.4. The van der Waals surface area contributed by atoms with Gasteiger partial charge in [-0.15, -0.1) is 11.8 Å². The van der Waals surface area contributed by atoms with Gasteiger partial charge in [-0.3, -0.25) is 9.59 Å². The summed E-state index contributed by atoms with van der Waals surface area (Å²) in [5.41, 5.74) is 8.73. The van der Waals surface area contributed by atoms with E-state index in [-0.39, 0.29) is 11.5 Å². The molecule has 5 rings (SSSR count). The molecule has 0 saturated heterocycles. The number of para-hydroxylation sites is 1. The zero-order valence-corrected chi connectivity index (χ0v) is 17.3. The standard InChI is InChI=1S/C24H18FN3O2S/c1-2-19(29)28-10-11-31-23-14(7-5-9-18(23)28)20-16(25)12-15(24(26)30)22-21(20)13-6-3-4-8-17(13)27-22/h2-9,12,27H,1,10-11H2,(H2,26,30). The van der Waals surface area contributed by atoms with Gasteiger partial charge >= 0.3 is 0 Å². The van der Waals surface area contributed by atoms with Gasteiger partial charge in [0.1, 0.15) is 5.82 Å². The number of nitrogens with one attached hydrogen (secondary N) is 1.